The molecular weight excluding hydrogens is 316 g/mol. The highest BCUT2D eigenvalue weighted by Crippen LogP contribution is 2.26. The highest BCUT2D eigenvalue weighted by molar-refractivity contribution is 9.10. The molecule has 0 amide bonds. The Morgan fingerprint density at radius 2 is 2.17 bits per heavy atom. The number of nitrogens with zero attached hydrogens (tertiary/aromatic N) is 1. The van der Waals surface area contributed by atoms with Crippen LogP contribution in [0.1, 0.15) is 19.0 Å². The van der Waals surface area contributed by atoms with Crippen LogP contribution < -0.4 is 5.56 Å². The highest BCUT2D eigenvalue weighted by atomic mass is 79.9. The van der Waals surface area contributed by atoms with Crippen LogP contribution >= 0.6 is 27.5 Å². The van der Waals surface area contributed by atoms with Crippen molar-refractivity contribution in [2.75, 3.05) is 0 Å². The molecule has 0 fully saturated rings. The molecule has 0 atom stereocenters. The molecule has 0 bridgehead atoms. The first-order valence-corrected chi connectivity index (χ1v) is 6.83. The fourth-order valence-corrected chi connectivity index (χ4v) is 2.10. The number of hydrogen-bond acceptors (Lipinski definition) is 2. The number of H-pyrrole nitrogens is 1. The summed E-state index contributed by atoms with van der Waals surface area (Å²) in [6.45, 7) is 2.05. The summed E-state index contributed by atoms with van der Waals surface area (Å²) in [7, 11) is 0. The van der Waals surface area contributed by atoms with Gasteiger partial charge in [-0.25, -0.2) is 4.98 Å². The molecule has 0 saturated carbocycles. The second-order valence-corrected chi connectivity index (χ2v) is 5.23. The summed E-state index contributed by atoms with van der Waals surface area (Å²) in [6.07, 6.45) is 1.75. The lowest BCUT2D eigenvalue weighted by Gasteiger charge is -2.05. The van der Waals surface area contributed by atoms with Crippen LogP contribution in [0.2, 0.25) is 5.02 Å². The molecule has 0 saturated heterocycles. The van der Waals surface area contributed by atoms with Crippen molar-refractivity contribution < 1.29 is 0 Å². The topological polar surface area (TPSA) is 45.8 Å². The average Bonchev–Trinajstić information content (AvgIpc) is 2.32. The molecule has 1 N–H and O–H groups in total. The second-order valence-electron chi connectivity index (χ2n) is 3.96. The molecule has 94 valence electrons. The number of aromatic nitrogens is 2. The third kappa shape index (κ3) is 3.00. The van der Waals surface area contributed by atoms with E-state index in [1.807, 2.05) is 12.1 Å². The Bertz CT molecular complexity index is 625. The van der Waals surface area contributed by atoms with Crippen molar-refractivity contribution in [2.45, 2.75) is 19.8 Å². The van der Waals surface area contributed by atoms with E-state index in [9.17, 15) is 4.79 Å². The third-order valence-electron chi connectivity index (χ3n) is 2.49. The molecule has 0 unspecified atom stereocenters. The fraction of sp³-hybridized carbons (Fsp3) is 0.231. The van der Waals surface area contributed by atoms with E-state index in [0.29, 0.717) is 10.8 Å². The van der Waals surface area contributed by atoms with Crippen LogP contribution in [-0.2, 0) is 6.42 Å². The molecule has 0 spiro atoms. The van der Waals surface area contributed by atoms with Crippen LogP contribution in [-0.4, -0.2) is 9.97 Å². The van der Waals surface area contributed by atoms with Crippen molar-refractivity contribution in [3.63, 3.8) is 0 Å². The molecule has 2 aromatic rings. The van der Waals surface area contributed by atoms with Crippen molar-refractivity contribution in [2.24, 2.45) is 0 Å². The number of nitrogens with one attached hydrogen (secondary N) is 1. The van der Waals surface area contributed by atoms with Crippen LogP contribution in [0.4, 0.5) is 0 Å². The van der Waals surface area contributed by atoms with Crippen LogP contribution in [0.15, 0.2) is 33.5 Å². The predicted molar refractivity (Wildman–Crippen MR) is 77.0 cm³/mol. The van der Waals surface area contributed by atoms with Gasteiger partial charge in [0.2, 0.25) is 0 Å². The molecule has 3 nitrogen and oxygen atoms in total. The zero-order chi connectivity index (χ0) is 13.1. The van der Waals surface area contributed by atoms with E-state index in [1.54, 1.807) is 6.07 Å². The second kappa shape index (κ2) is 5.67. The first kappa shape index (κ1) is 13.3. The van der Waals surface area contributed by atoms with E-state index in [4.69, 9.17) is 11.6 Å². The van der Waals surface area contributed by atoms with Crippen molar-refractivity contribution in [1.29, 1.82) is 0 Å². The van der Waals surface area contributed by atoms with E-state index in [-0.39, 0.29) is 5.56 Å². The number of hydrogen-bond donors (Lipinski definition) is 1. The molecule has 1 heterocycles. The maximum atomic E-state index is 11.6. The molecule has 0 aliphatic carbocycles. The Kier molecular flexibility index (Phi) is 4.19. The lowest BCUT2D eigenvalue weighted by atomic mass is 10.2. The number of rotatable bonds is 3. The summed E-state index contributed by atoms with van der Waals surface area (Å²) in [5.74, 6) is 0.556. The summed E-state index contributed by atoms with van der Waals surface area (Å²) in [5, 5.41) is 0.594. The van der Waals surface area contributed by atoms with Gasteiger partial charge in [0.1, 0.15) is 5.82 Å². The largest absolute Gasteiger partial charge is 0.307 e. The molecule has 2 rings (SSSR count). The maximum absolute atomic E-state index is 11.6. The zero-order valence-corrected chi connectivity index (χ0v) is 12.2. The summed E-state index contributed by atoms with van der Waals surface area (Å²) in [5.41, 5.74) is 1.47. The average molecular weight is 328 g/mol. The minimum Gasteiger partial charge on any atom is -0.307 e. The van der Waals surface area contributed by atoms with Gasteiger partial charge in [-0.2, -0.15) is 0 Å². The predicted octanol–water partition coefficient (Wildman–Crippen LogP) is 3.81. The van der Waals surface area contributed by atoms with Gasteiger partial charge < -0.3 is 4.98 Å². The fourth-order valence-electron chi connectivity index (χ4n) is 1.67. The Morgan fingerprint density at radius 3 is 2.83 bits per heavy atom. The Balaban J connectivity index is 2.49. The van der Waals surface area contributed by atoms with Crippen molar-refractivity contribution in [1.82, 2.24) is 9.97 Å². The van der Waals surface area contributed by atoms with E-state index in [0.717, 1.165) is 28.6 Å². The number of benzene rings is 1. The SMILES string of the molecule is CCCc1cc(=O)[nH]c(-c2ccc(Br)c(Cl)c2)n1. The number of aryl methyl sites for hydroxylation is 1. The van der Waals surface area contributed by atoms with Crippen LogP contribution in [0, 0.1) is 0 Å². The lowest BCUT2D eigenvalue weighted by molar-refractivity contribution is 0.870. The first-order chi connectivity index (χ1) is 8.60. The van der Waals surface area contributed by atoms with Crippen molar-refractivity contribution in [3.05, 3.63) is 49.8 Å². The quantitative estimate of drug-likeness (QED) is 0.932. The van der Waals surface area contributed by atoms with E-state index >= 15 is 0 Å². The molecule has 5 heteroatoms. The molecule has 0 aliphatic rings. The maximum Gasteiger partial charge on any atom is 0.251 e. The molecule has 1 aromatic carbocycles. The molecule has 0 radical (unpaired) electrons. The van der Waals surface area contributed by atoms with E-state index in [1.165, 1.54) is 6.07 Å². The van der Waals surface area contributed by atoms with Gasteiger partial charge in [-0.05, 0) is 34.5 Å². The zero-order valence-electron chi connectivity index (χ0n) is 9.84. The minimum atomic E-state index is -0.137. The van der Waals surface area contributed by atoms with Crippen molar-refractivity contribution >= 4 is 27.5 Å². The van der Waals surface area contributed by atoms with Crippen LogP contribution in [0.25, 0.3) is 11.4 Å². The van der Waals surface area contributed by atoms with E-state index in [2.05, 4.69) is 32.8 Å². The smallest absolute Gasteiger partial charge is 0.251 e. The van der Waals surface area contributed by atoms with Crippen LogP contribution in [0.5, 0.6) is 0 Å². The van der Waals surface area contributed by atoms with Gasteiger partial charge in [0, 0.05) is 21.8 Å². The van der Waals surface area contributed by atoms with Gasteiger partial charge in [0.15, 0.2) is 0 Å². The monoisotopic (exact) mass is 326 g/mol. The van der Waals surface area contributed by atoms with Gasteiger partial charge >= 0.3 is 0 Å². The summed E-state index contributed by atoms with van der Waals surface area (Å²) < 4.78 is 0.819. The lowest BCUT2D eigenvalue weighted by Crippen LogP contribution is -2.10. The number of halogens is 2. The standard InChI is InChI=1S/C13H12BrClN2O/c1-2-3-9-7-12(18)17-13(16-9)8-4-5-10(14)11(15)6-8/h4-7H,2-3H2,1H3,(H,16,17,18). The van der Waals surface area contributed by atoms with Gasteiger partial charge in [-0.1, -0.05) is 31.0 Å². The number of aromatic amines is 1. The Hall–Kier alpha value is -1.13. The first-order valence-electron chi connectivity index (χ1n) is 5.66. The normalized spacial score (nSPS) is 10.6. The van der Waals surface area contributed by atoms with Crippen molar-refractivity contribution in [3.8, 4) is 11.4 Å². The summed E-state index contributed by atoms with van der Waals surface area (Å²) >= 11 is 9.37. The van der Waals surface area contributed by atoms with Gasteiger partial charge in [0.25, 0.3) is 5.56 Å². The van der Waals surface area contributed by atoms with Gasteiger partial charge in [-0.3, -0.25) is 4.79 Å². The molecule has 18 heavy (non-hydrogen) atoms. The van der Waals surface area contributed by atoms with Gasteiger partial charge in [-0.15, -0.1) is 0 Å². The summed E-state index contributed by atoms with van der Waals surface area (Å²) in [4.78, 5) is 18.7. The van der Waals surface area contributed by atoms with E-state index < -0.39 is 0 Å². The van der Waals surface area contributed by atoms with Crippen LogP contribution in [0.3, 0.4) is 0 Å². The molecule has 0 aliphatic heterocycles. The van der Waals surface area contributed by atoms with Gasteiger partial charge in [0.05, 0.1) is 5.02 Å². The highest BCUT2D eigenvalue weighted by Gasteiger charge is 2.06. The minimum absolute atomic E-state index is 0.137. The Morgan fingerprint density at radius 1 is 1.39 bits per heavy atom. The summed E-state index contributed by atoms with van der Waals surface area (Å²) in [6, 6.07) is 7.02. The Labute approximate surface area is 118 Å². The third-order valence-corrected chi connectivity index (χ3v) is 3.73. The molecule has 1 aromatic heterocycles. The molecular formula is C13H12BrClN2O.